The molecule has 0 aromatic carbocycles. The van der Waals surface area contributed by atoms with Crippen LogP contribution >= 0.6 is 0 Å². The molecule has 35 heavy (non-hydrogen) atoms. The van der Waals surface area contributed by atoms with E-state index in [2.05, 4.69) is 73.1 Å². The van der Waals surface area contributed by atoms with Crippen LogP contribution in [0.2, 0.25) is 0 Å². The number of rotatable bonds is 8. The zero-order valence-corrected chi connectivity index (χ0v) is 22.4. The van der Waals surface area contributed by atoms with E-state index in [4.69, 9.17) is 9.72 Å². The van der Waals surface area contributed by atoms with Crippen molar-refractivity contribution in [2.24, 2.45) is 15.8 Å². The van der Waals surface area contributed by atoms with Crippen LogP contribution in [0.1, 0.15) is 93.4 Å². The average molecular weight is 476 g/mol. The highest BCUT2D eigenvalue weighted by Gasteiger charge is 2.44. The van der Waals surface area contributed by atoms with Crippen LogP contribution < -0.4 is 5.43 Å². The Labute approximate surface area is 211 Å². The van der Waals surface area contributed by atoms with Crippen LogP contribution in [0.3, 0.4) is 0 Å². The van der Waals surface area contributed by atoms with E-state index in [0.717, 1.165) is 49.8 Å². The SMILES string of the molecule is C=C(C)C(NN=NC)c1c(C2(COC)CCCC2)nc2c(c1C1=CCC#CN1C)CC(C)(C)CC2. The number of hydrogen-bond donors (Lipinski definition) is 1. The minimum atomic E-state index is -0.204. The molecule has 1 aromatic rings. The molecular formula is C29H41N5O. The standard InChI is InChI=1S/C29H41N5O/c1-20(2)26(32-33-30-5)25-24(23-12-8-11-17-34(23)6)21-18-28(3,4)16-13-22(21)31-27(25)29(19-35-7)14-9-10-15-29/h12,26H,1,8-10,13-16,18-19H2,2-7H3,(H,30,32). The lowest BCUT2D eigenvalue weighted by Gasteiger charge is -2.39. The van der Waals surface area contributed by atoms with Crippen LogP contribution in [0.4, 0.5) is 0 Å². The number of ether oxygens (including phenoxy) is 1. The molecule has 4 rings (SSSR count). The summed E-state index contributed by atoms with van der Waals surface area (Å²) in [5, 5.41) is 8.26. The number of aryl methyl sites for hydroxylation is 1. The van der Waals surface area contributed by atoms with Gasteiger partial charge in [0.05, 0.1) is 31.1 Å². The lowest BCUT2D eigenvalue weighted by molar-refractivity contribution is 0.128. The minimum Gasteiger partial charge on any atom is -0.384 e. The second-order valence-electron chi connectivity index (χ2n) is 11.3. The van der Waals surface area contributed by atoms with Crippen LogP contribution in [0.5, 0.6) is 0 Å². The van der Waals surface area contributed by atoms with Gasteiger partial charge in [-0.2, -0.15) is 5.11 Å². The van der Waals surface area contributed by atoms with Crippen LogP contribution in [0.25, 0.3) is 5.70 Å². The molecule has 6 nitrogen and oxygen atoms in total. The molecule has 0 spiro atoms. The number of fused-ring (bicyclic) bond motifs is 1. The van der Waals surface area contributed by atoms with E-state index in [1.54, 1.807) is 7.05 Å². The Kier molecular flexibility index (Phi) is 7.38. The van der Waals surface area contributed by atoms with Gasteiger partial charge in [0.15, 0.2) is 0 Å². The fourth-order valence-corrected chi connectivity index (χ4v) is 6.18. The fourth-order valence-electron chi connectivity index (χ4n) is 6.18. The first-order chi connectivity index (χ1) is 16.7. The maximum atomic E-state index is 5.87. The van der Waals surface area contributed by atoms with Crippen molar-refractivity contribution in [2.45, 2.75) is 83.6 Å². The van der Waals surface area contributed by atoms with Crippen molar-refractivity contribution in [1.29, 1.82) is 0 Å². The van der Waals surface area contributed by atoms with E-state index in [1.165, 1.54) is 40.9 Å². The highest BCUT2D eigenvalue weighted by atomic mass is 16.5. The monoisotopic (exact) mass is 475 g/mol. The number of methoxy groups -OCH3 is 1. The normalized spacial score (nSPS) is 21.2. The molecular weight excluding hydrogens is 434 g/mol. The number of hydrogen-bond acceptors (Lipinski definition) is 5. The smallest absolute Gasteiger partial charge is 0.0935 e. The van der Waals surface area contributed by atoms with Gasteiger partial charge in [0.1, 0.15) is 0 Å². The van der Waals surface area contributed by atoms with E-state index in [0.29, 0.717) is 6.61 Å². The maximum Gasteiger partial charge on any atom is 0.0935 e. The molecule has 1 saturated carbocycles. The zero-order valence-electron chi connectivity index (χ0n) is 22.4. The van der Waals surface area contributed by atoms with E-state index in [9.17, 15) is 0 Å². The summed E-state index contributed by atoms with van der Waals surface area (Å²) in [5.74, 6) is 3.23. The Morgan fingerprint density at radius 3 is 2.69 bits per heavy atom. The summed E-state index contributed by atoms with van der Waals surface area (Å²) >= 11 is 0. The van der Waals surface area contributed by atoms with Gasteiger partial charge in [-0.3, -0.25) is 10.4 Å². The number of aromatic nitrogens is 1. The number of pyridine rings is 1. The van der Waals surface area contributed by atoms with E-state index >= 15 is 0 Å². The molecule has 188 valence electrons. The van der Waals surface area contributed by atoms with Gasteiger partial charge in [0, 0.05) is 48.9 Å². The molecule has 0 saturated heterocycles. The lowest BCUT2D eigenvalue weighted by Crippen LogP contribution is -2.36. The summed E-state index contributed by atoms with van der Waals surface area (Å²) in [6.45, 7) is 11.9. The molecule has 2 heterocycles. The first-order valence-corrected chi connectivity index (χ1v) is 12.9. The van der Waals surface area contributed by atoms with Crippen molar-refractivity contribution >= 4 is 5.70 Å². The van der Waals surface area contributed by atoms with Crippen molar-refractivity contribution in [1.82, 2.24) is 15.3 Å². The van der Waals surface area contributed by atoms with Gasteiger partial charge in [-0.15, -0.1) is 0 Å². The Morgan fingerprint density at radius 1 is 1.31 bits per heavy atom. The Hall–Kier alpha value is -2.65. The third kappa shape index (κ3) is 4.89. The van der Waals surface area contributed by atoms with Crippen LogP contribution in [0, 0.1) is 17.4 Å². The highest BCUT2D eigenvalue weighted by molar-refractivity contribution is 5.75. The molecule has 0 radical (unpaired) electrons. The van der Waals surface area contributed by atoms with E-state index in [1.807, 2.05) is 7.11 Å². The molecule has 1 aliphatic heterocycles. The van der Waals surface area contributed by atoms with Crippen molar-refractivity contribution in [3.05, 3.63) is 46.3 Å². The molecule has 2 aliphatic carbocycles. The largest absolute Gasteiger partial charge is 0.384 e. The first-order valence-electron chi connectivity index (χ1n) is 12.9. The number of nitrogens with zero attached hydrogens (tertiary/aromatic N) is 4. The van der Waals surface area contributed by atoms with Crippen molar-refractivity contribution in [3.63, 3.8) is 0 Å². The minimum absolute atomic E-state index is 0.112. The molecule has 1 aromatic heterocycles. The highest BCUT2D eigenvalue weighted by Crippen LogP contribution is 2.49. The van der Waals surface area contributed by atoms with Gasteiger partial charge in [0.25, 0.3) is 0 Å². The Bertz CT molecular complexity index is 1100. The fraction of sp³-hybridized carbons (Fsp3) is 0.621. The predicted molar refractivity (Wildman–Crippen MR) is 142 cm³/mol. The quantitative estimate of drug-likeness (QED) is 0.220. The van der Waals surface area contributed by atoms with Gasteiger partial charge < -0.3 is 9.64 Å². The van der Waals surface area contributed by atoms with Crippen LogP contribution in [-0.2, 0) is 23.0 Å². The van der Waals surface area contributed by atoms with E-state index < -0.39 is 0 Å². The zero-order chi connectivity index (χ0) is 25.2. The summed E-state index contributed by atoms with van der Waals surface area (Å²) in [6.07, 6.45) is 10.7. The van der Waals surface area contributed by atoms with Crippen molar-refractivity contribution in [3.8, 4) is 12.0 Å². The maximum absolute atomic E-state index is 5.87. The van der Waals surface area contributed by atoms with Crippen LogP contribution in [-0.4, -0.2) is 37.7 Å². The van der Waals surface area contributed by atoms with Crippen molar-refractivity contribution in [2.75, 3.05) is 27.8 Å². The summed E-state index contributed by atoms with van der Waals surface area (Å²) in [7, 11) is 5.57. The third-order valence-electron chi connectivity index (χ3n) is 7.93. The molecule has 1 fully saturated rings. The summed E-state index contributed by atoms with van der Waals surface area (Å²) in [5.41, 5.74) is 11.8. The average Bonchev–Trinajstić information content (AvgIpc) is 3.28. The molecule has 3 aliphatic rings. The molecule has 1 unspecified atom stereocenters. The number of allylic oxidation sites excluding steroid dienone is 1. The molecule has 1 N–H and O–H groups in total. The summed E-state index contributed by atoms with van der Waals surface area (Å²) in [6, 6.07) is 3.10. The third-order valence-corrected chi connectivity index (χ3v) is 7.93. The molecule has 0 bridgehead atoms. The lowest BCUT2D eigenvalue weighted by atomic mass is 9.70. The summed E-state index contributed by atoms with van der Waals surface area (Å²) in [4.78, 5) is 7.61. The first kappa shape index (κ1) is 25.4. The predicted octanol–water partition coefficient (Wildman–Crippen LogP) is 5.90. The van der Waals surface area contributed by atoms with Crippen molar-refractivity contribution < 1.29 is 4.74 Å². The van der Waals surface area contributed by atoms with Gasteiger partial charge in [-0.05, 0) is 56.1 Å². The van der Waals surface area contributed by atoms with Crippen LogP contribution in [0.15, 0.2) is 28.6 Å². The second-order valence-corrected chi connectivity index (χ2v) is 11.3. The molecule has 0 amide bonds. The molecule has 1 atom stereocenters. The van der Waals surface area contributed by atoms with Gasteiger partial charge in [-0.25, -0.2) is 0 Å². The summed E-state index contributed by atoms with van der Waals surface area (Å²) < 4.78 is 5.87. The molecule has 6 heteroatoms. The van der Waals surface area contributed by atoms with Gasteiger partial charge >= 0.3 is 0 Å². The topological polar surface area (TPSA) is 62.1 Å². The second kappa shape index (κ2) is 10.1. The number of nitrogens with one attached hydrogen (secondary N) is 1. The Balaban J connectivity index is 2.10. The Morgan fingerprint density at radius 2 is 2.06 bits per heavy atom. The van der Waals surface area contributed by atoms with E-state index in [-0.39, 0.29) is 16.9 Å². The van der Waals surface area contributed by atoms with Gasteiger partial charge in [0.2, 0.25) is 0 Å². The van der Waals surface area contributed by atoms with Gasteiger partial charge in [-0.1, -0.05) is 50.0 Å².